The van der Waals surface area contributed by atoms with Crippen molar-refractivity contribution >= 4 is 40.0 Å². The smallest absolute Gasteiger partial charge is 0.216 e. The molecule has 2 heterocycles. The van der Waals surface area contributed by atoms with Crippen LogP contribution in [0.25, 0.3) is 0 Å². The molecule has 1 unspecified atom stereocenters. The van der Waals surface area contributed by atoms with Gasteiger partial charge < -0.3 is 14.6 Å². The number of hydrogen-bond acceptors (Lipinski definition) is 4. The maximum atomic E-state index is 12.2. The number of nitrogens with zero attached hydrogens (tertiary/aromatic N) is 2. The summed E-state index contributed by atoms with van der Waals surface area (Å²) in [7, 11) is -3.27. The number of guanidine groups is 1. The number of likely N-dealkylation sites (tertiary alicyclic amines) is 1. The molecule has 1 saturated heterocycles. The summed E-state index contributed by atoms with van der Waals surface area (Å²) in [5.74, 6) is 1.63. The highest BCUT2D eigenvalue weighted by atomic mass is 127. The molecule has 0 radical (unpaired) electrons. The summed E-state index contributed by atoms with van der Waals surface area (Å²) in [4.78, 5) is 6.58. The second-order valence-electron chi connectivity index (χ2n) is 6.25. The molecule has 0 spiro atoms. The number of furan rings is 1. The van der Waals surface area contributed by atoms with Crippen LogP contribution in [-0.2, 0) is 16.4 Å². The molecule has 1 aromatic heterocycles. The summed E-state index contributed by atoms with van der Waals surface area (Å²) < 4.78 is 32.4. The van der Waals surface area contributed by atoms with Crippen molar-refractivity contribution in [2.24, 2.45) is 4.99 Å². The molecule has 1 aromatic rings. The van der Waals surface area contributed by atoms with Crippen LogP contribution in [0.1, 0.15) is 26.0 Å². The lowest BCUT2D eigenvalue weighted by molar-refractivity contribution is 0.479. The first kappa shape index (κ1) is 23.0. The molecule has 26 heavy (non-hydrogen) atoms. The molecule has 0 saturated carbocycles. The first-order valence-electron chi connectivity index (χ1n) is 8.61. The molecule has 2 N–H and O–H groups in total. The molecule has 0 bridgehead atoms. The lowest BCUT2D eigenvalue weighted by Crippen LogP contribution is -2.43. The van der Waals surface area contributed by atoms with E-state index >= 15 is 0 Å². The lowest BCUT2D eigenvalue weighted by atomic mass is 10.3. The van der Waals surface area contributed by atoms with E-state index in [1.165, 1.54) is 0 Å². The minimum Gasteiger partial charge on any atom is -0.469 e. The minimum absolute atomic E-state index is 0. The molecule has 148 valence electrons. The van der Waals surface area contributed by atoms with Gasteiger partial charge in [0.05, 0.1) is 18.1 Å². The van der Waals surface area contributed by atoms with E-state index in [1.807, 2.05) is 24.0 Å². The van der Waals surface area contributed by atoms with Crippen LogP contribution in [0.5, 0.6) is 0 Å². The number of sulfonamides is 1. The van der Waals surface area contributed by atoms with Gasteiger partial charge in [-0.05, 0) is 25.5 Å². The molecule has 2 rings (SSSR count). The molecule has 0 aliphatic carbocycles. The van der Waals surface area contributed by atoms with Crippen LogP contribution in [-0.4, -0.2) is 57.3 Å². The summed E-state index contributed by atoms with van der Waals surface area (Å²) in [6, 6.07) is 3.79. The third kappa shape index (κ3) is 6.92. The molecular formula is C17H29IN4O3S. The Labute approximate surface area is 173 Å². The molecule has 1 fully saturated rings. The van der Waals surface area contributed by atoms with E-state index < -0.39 is 15.3 Å². The second-order valence-corrected chi connectivity index (χ2v) is 8.30. The monoisotopic (exact) mass is 496 g/mol. The largest absolute Gasteiger partial charge is 0.469 e. The van der Waals surface area contributed by atoms with E-state index in [4.69, 9.17) is 4.42 Å². The molecule has 9 heteroatoms. The average Bonchev–Trinajstić information content (AvgIpc) is 3.22. The van der Waals surface area contributed by atoms with E-state index in [0.29, 0.717) is 39.1 Å². The van der Waals surface area contributed by atoms with Gasteiger partial charge in [0, 0.05) is 32.6 Å². The van der Waals surface area contributed by atoms with Crippen molar-refractivity contribution in [3.05, 3.63) is 36.3 Å². The van der Waals surface area contributed by atoms with Crippen LogP contribution in [0.3, 0.4) is 0 Å². The summed E-state index contributed by atoms with van der Waals surface area (Å²) in [5, 5.41) is 2.91. The van der Waals surface area contributed by atoms with Gasteiger partial charge in [0.1, 0.15) is 5.76 Å². The van der Waals surface area contributed by atoms with E-state index in [-0.39, 0.29) is 24.0 Å². The predicted octanol–water partition coefficient (Wildman–Crippen LogP) is 1.98. The van der Waals surface area contributed by atoms with E-state index in [9.17, 15) is 8.42 Å². The maximum absolute atomic E-state index is 12.2. The Morgan fingerprint density at radius 2 is 2.27 bits per heavy atom. The van der Waals surface area contributed by atoms with Crippen molar-refractivity contribution < 1.29 is 12.8 Å². The van der Waals surface area contributed by atoms with Gasteiger partial charge in [-0.1, -0.05) is 19.1 Å². The summed E-state index contributed by atoms with van der Waals surface area (Å²) >= 11 is 0. The third-order valence-corrected chi connectivity index (χ3v) is 5.92. The number of rotatable bonds is 8. The van der Waals surface area contributed by atoms with Crippen LogP contribution < -0.4 is 10.0 Å². The molecular weight excluding hydrogens is 467 g/mol. The lowest BCUT2D eigenvalue weighted by Gasteiger charge is -2.22. The Morgan fingerprint density at radius 1 is 1.50 bits per heavy atom. The van der Waals surface area contributed by atoms with Crippen molar-refractivity contribution in [1.29, 1.82) is 0 Å². The van der Waals surface area contributed by atoms with Crippen LogP contribution in [0.2, 0.25) is 0 Å². The first-order chi connectivity index (χ1) is 11.9. The molecule has 1 aliphatic rings. The van der Waals surface area contributed by atoms with Crippen molar-refractivity contribution in [1.82, 2.24) is 14.9 Å². The number of halogens is 1. The van der Waals surface area contributed by atoms with Gasteiger partial charge in [-0.15, -0.1) is 24.0 Å². The number of aliphatic imine (C=N–C) groups is 1. The van der Waals surface area contributed by atoms with Crippen LogP contribution >= 0.6 is 24.0 Å². The third-order valence-electron chi connectivity index (χ3n) is 3.96. The van der Waals surface area contributed by atoms with Crippen molar-refractivity contribution in [2.45, 2.75) is 31.9 Å². The van der Waals surface area contributed by atoms with Gasteiger partial charge >= 0.3 is 0 Å². The van der Waals surface area contributed by atoms with E-state index in [2.05, 4.69) is 21.6 Å². The average molecular weight is 496 g/mol. The summed E-state index contributed by atoms with van der Waals surface area (Å²) in [6.45, 7) is 10.3. The normalized spacial score (nSPS) is 17.8. The second kappa shape index (κ2) is 10.9. The van der Waals surface area contributed by atoms with Crippen LogP contribution in [0.15, 0.2) is 40.0 Å². The molecule has 0 aromatic carbocycles. The highest BCUT2D eigenvalue weighted by Gasteiger charge is 2.33. The highest BCUT2D eigenvalue weighted by molar-refractivity contribution is 14.0. The Kier molecular flexibility index (Phi) is 9.66. The fraction of sp³-hybridized carbons (Fsp3) is 0.588. The zero-order valence-corrected chi connectivity index (χ0v) is 18.5. The molecule has 0 amide bonds. The van der Waals surface area contributed by atoms with Crippen molar-refractivity contribution in [3.63, 3.8) is 0 Å². The fourth-order valence-electron chi connectivity index (χ4n) is 2.72. The first-order valence-corrected chi connectivity index (χ1v) is 10.2. The predicted molar refractivity (Wildman–Crippen MR) is 116 cm³/mol. The molecule has 1 aliphatic heterocycles. The van der Waals surface area contributed by atoms with Gasteiger partial charge in [0.15, 0.2) is 5.96 Å². The van der Waals surface area contributed by atoms with Gasteiger partial charge in [-0.2, -0.15) is 0 Å². The van der Waals surface area contributed by atoms with Crippen LogP contribution in [0.4, 0.5) is 0 Å². The maximum Gasteiger partial charge on any atom is 0.216 e. The summed E-state index contributed by atoms with van der Waals surface area (Å²) in [6.07, 6.45) is 3.00. The van der Waals surface area contributed by atoms with Gasteiger partial charge in [-0.3, -0.25) is 0 Å². The zero-order chi connectivity index (χ0) is 18.3. The zero-order valence-electron chi connectivity index (χ0n) is 15.4. The van der Waals surface area contributed by atoms with Gasteiger partial charge in [-0.25, -0.2) is 18.1 Å². The Hall–Kier alpha value is -1.07. The van der Waals surface area contributed by atoms with E-state index in [1.54, 1.807) is 13.2 Å². The molecule has 7 nitrogen and oxygen atoms in total. The summed E-state index contributed by atoms with van der Waals surface area (Å²) in [5.41, 5.74) is 0.960. The topological polar surface area (TPSA) is 86.9 Å². The standard InChI is InChI=1S/C17H28N4O3S.HI/c1-4-20-25(22,23)16-8-10-21(13-16)17(19-12-14(2)3)18-9-7-15-6-5-11-24-15;/h5-6,11,16,20H,2,4,7-10,12-13H2,1,3H3,(H,18,19);1H. The fourth-order valence-corrected chi connectivity index (χ4v) is 4.15. The number of nitrogens with one attached hydrogen (secondary N) is 2. The van der Waals surface area contributed by atoms with Crippen LogP contribution in [0, 0.1) is 0 Å². The highest BCUT2D eigenvalue weighted by Crippen LogP contribution is 2.16. The number of hydrogen-bond donors (Lipinski definition) is 2. The Balaban J connectivity index is 0.00000338. The SMILES string of the molecule is C=C(C)CN=C(NCCc1ccco1)N1CCC(S(=O)(=O)NCC)C1.I. The molecule has 1 atom stereocenters. The Bertz CT molecular complexity index is 689. The van der Waals surface area contributed by atoms with Crippen molar-refractivity contribution in [3.8, 4) is 0 Å². The van der Waals surface area contributed by atoms with E-state index in [0.717, 1.165) is 23.7 Å². The van der Waals surface area contributed by atoms with Gasteiger partial charge in [0.25, 0.3) is 0 Å². The Morgan fingerprint density at radius 3 is 2.88 bits per heavy atom. The quantitative estimate of drug-likeness (QED) is 0.249. The minimum atomic E-state index is -3.27. The van der Waals surface area contributed by atoms with Gasteiger partial charge in [0.2, 0.25) is 10.0 Å². The van der Waals surface area contributed by atoms with Crippen molar-refractivity contribution in [2.75, 3.05) is 32.7 Å².